The Hall–Kier alpha value is -1.10. The van der Waals surface area contributed by atoms with Crippen molar-refractivity contribution < 1.29 is 9.59 Å². The molecule has 0 saturated carbocycles. The van der Waals surface area contributed by atoms with Gasteiger partial charge in [-0.25, -0.2) is 0 Å². The van der Waals surface area contributed by atoms with Crippen molar-refractivity contribution in [2.45, 2.75) is 52.4 Å². The Morgan fingerprint density at radius 2 is 1.63 bits per heavy atom. The van der Waals surface area contributed by atoms with E-state index >= 15 is 0 Å². The summed E-state index contributed by atoms with van der Waals surface area (Å²) in [5.41, 5.74) is 5.52. The van der Waals surface area contributed by atoms with Crippen molar-refractivity contribution in [3.05, 3.63) is 0 Å². The molecule has 0 aliphatic heterocycles. The SMILES string of the molecule is CCCNC(=O)CCNC(=O)CCC(CC)CCN. The fraction of sp³-hybridized carbons (Fsp3) is 0.857. The van der Waals surface area contributed by atoms with Gasteiger partial charge in [-0.2, -0.15) is 0 Å². The molecular formula is C14H29N3O2. The summed E-state index contributed by atoms with van der Waals surface area (Å²) in [6.45, 7) is 5.92. The molecular weight excluding hydrogens is 242 g/mol. The summed E-state index contributed by atoms with van der Waals surface area (Å²) in [7, 11) is 0. The maximum absolute atomic E-state index is 11.6. The molecule has 5 heteroatoms. The van der Waals surface area contributed by atoms with Gasteiger partial charge in [-0.3, -0.25) is 9.59 Å². The molecule has 0 aromatic heterocycles. The van der Waals surface area contributed by atoms with Crippen LogP contribution in [0.5, 0.6) is 0 Å². The van der Waals surface area contributed by atoms with Gasteiger partial charge in [0.15, 0.2) is 0 Å². The van der Waals surface area contributed by atoms with Crippen LogP contribution in [0.25, 0.3) is 0 Å². The molecule has 0 bridgehead atoms. The van der Waals surface area contributed by atoms with Gasteiger partial charge in [-0.05, 0) is 31.7 Å². The van der Waals surface area contributed by atoms with Crippen LogP contribution < -0.4 is 16.4 Å². The van der Waals surface area contributed by atoms with Crippen LogP contribution in [0.1, 0.15) is 52.4 Å². The number of carbonyl (C=O) groups is 2. The Bertz CT molecular complexity index is 257. The first-order valence-electron chi connectivity index (χ1n) is 7.37. The van der Waals surface area contributed by atoms with E-state index in [1.807, 2.05) is 6.92 Å². The summed E-state index contributed by atoms with van der Waals surface area (Å²) in [6.07, 6.45) is 4.72. The van der Waals surface area contributed by atoms with Crippen LogP contribution in [0.15, 0.2) is 0 Å². The molecule has 0 heterocycles. The molecule has 112 valence electrons. The molecule has 1 unspecified atom stereocenters. The van der Waals surface area contributed by atoms with Crippen LogP contribution >= 0.6 is 0 Å². The van der Waals surface area contributed by atoms with Crippen molar-refractivity contribution in [3.63, 3.8) is 0 Å². The van der Waals surface area contributed by atoms with Crippen molar-refractivity contribution in [3.8, 4) is 0 Å². The fourth-order valence-electron chi connectivity index (χ4n) is 1.88. The number of nitrogens with two attached hydrogens (primary N) is 1. The second-order valence-electron chi connectivity index (χ2n) is 4.84. The molecule has 2 amide bonds. The number of hydrogen-bond acceptors (Lipinski definition) is 3. The van der Waals surface area contributed by atoms with E-state index in [0.29, 0.717) is 38.4 Å². The van der Waals surface area contributed by atoms with E-state index in [1.54, 1.807) is 0 Å². The maximum Gasteiger partial charge on any atom is 0.221 e. The summed E-state index contributed by atoms with van der Waals surface area (Å²) in [5.74, 6) is 0.555. The van der Waals surface area contributed by atoms with Crippen molar-refractivity contribution in [2.75, 3.05) is 19.6 Å². The number of nitrogens with one attached hydrogen (secondary N) is 2. The molecule has 4 N–H and O–H groups in total. The highest BCUT2D eigenvalue weighted by Crippen LogP contribution is 2.14. The average Bonchev–Trinajstić information content (AvgIpc) is 2.41. The van der Waals surface area contributed by atoms with Crippen LogP contribution in [0.2, 0.25) is 0 Å². The first-order valence-corrected chi connectivity index (χ1v) is 7.37. The summed E-state index contributed by atoms with van der Waals surface area (Å²) >= 11 is 0. The van der Waals surface area contributed by atoms with Gasteiger partial charge < -0.3 is 16.4 Å². The Kier molecular flexibility index (Phi) is 11.3. The molecule has 0 spiro atoms. The highest BCUT2D eigenvalue weighted by Gasteiger charge is 2.09. The van der Waals surface area contributed by atoms with Gasteiger partial charge in [-0.1, -0.05) is 20.3 Å². The smallest absolute Gasteiger partial charge is 0.221 e. The standard InChI is InChI=1S/C14H29N3O2/c1-3-10-16-14(19)8-11-17-13(18)6-5-12(4-2)7-9-15/h12H,3-11,15H2,1-2H3,(H,16,19)(H,17,18). The number of hydrogen-bond donors (Lipinski definition) is 3. The minimum Gasteiger partial charge on any atom is -0.356 e. The first-order chi connectivity index (χ1) is 9.13. The van der Waals surface area contributed by atoms with Gasteiger partial charge in [0.05, 0.1) is 0 Å². The largest absolute Gasteiger partial charge is 0.356 e. The summed E-state index contributed by atoms with van der Waals surface area (Å²) in [4.78, 5) is 22.9. The Morgan fingerprint density at radius 3 is 2.21 bits per heavy atom. The van der Waals surface area contributed by atoms with Crippen LogP contribution in [0.3, 0.4) is 0 Å². The summed E-state index contributed by atoms with van der Waals surface area (Å²) in [6, 6.07) is 0. The van der Waals surface area contributed by atoms with E-state index in [1.165, 1.54) is 0 Å². The van der Waals surface area contributed by atoms with E-state index in [0.717, 1.165) is 25.7 Å². The Balaban J connectivity index is 3.61. The lowest BCUT2D eigenvalue weighted by Gasteiger charge is -2.13. The third-order valence-corrected chi connectivity index (χ3v) is 3.18. The molecule has 0 aliphatic carbocycles. The zero-order chi connectivity index (χ0) is 14.5. The van der Waals surface area contributed by atoms with Gasteiger partial charge in [0.2, 0.25) is 11.8 Å². The zero-order valence-corrected chi connectivity index (χ0v) is 12.3. The van der Waals surface area contributed by atoms with Crippen molar-refractivity contribution in [1.82, 2.24) is 10.6 Å². The number of carbonyl (C=O) groups excluding carboxylic acids is 2. The van der Waals surface area contributed by atoms with E-state index in [4.69, 9.17) is 5.73 Å². The van der Waals surface area contributed by atoms with Crippen LogP contribution in [0.4, 0.5) is 0 Å². The van der Waals surface area contributed by atoms with E-state index in [2.05, 4.69) is 17.6 Å². The predicted octanol–water partition coefficient (Wildman–Crippen LogP) is 1.17. The number of rotatable bonds is 11. The summed E-state index contributed by atoms with van der Waals surface area (Å²) in [5, 5.41) is 5.56. The predicted molar refractivity (Wildman–Crippen MR) is 77.6 cm³/mol. The van der Waals surface area contributed by atoms with Gasteiger partial charge in [0, 0.05) is 25.9 Å². The molecule has 0 radical (unpaired) electrons. The Labute approximate surface area is 116 Å². The molecule has 0 aromatic carbocycles. The molecule has 0 aromatic rings. The second kappa shape index (κ2) is 12.0. The van der Waals surface area contributed by atoms with Gasteiger partial charge in [0.25, 0.3) is 0 Å². The van der Waals surface area contributed by atoms with E-state index in [9.17, 15) is 9.59 Å². The zero-order valence-electron chi connectivity index (χ0n) is 12.3. The molecule has 0 rings (SSSR count). The van der Waals surface area contributed by atoms with Crippen LogP contribution in [-0.2, 0) is 9.59 Å². The van der Waals surface area contributed by atoms with E-state index in [-0.39, 0.29) is 11.8 Å². The fourth-order valence-corrected chi connectivity index (χ4v) is 1.88. The van der Waals surface area contributed by atoms with Gasteiger partial charge >= 0.3 is 0 Å². The maximum atomic E-state index is 11.6. The van der Waals surface area contributed by atoms with Crippen LogP contribution in [-0.4, -0.2) is 31.4 Å². The van der Waals surface area contributed by atoms with Crippen molar-refractivity contribution in [2.24, 2.45) is 11.7 Å². The third kappa shape index (κ3) is 10.5. The lowest BCUT2D eigenvalue weighted by Crippen LogP contribution is -2.31. The van der Waals surface area contributed by atoms with Crippen molar-refractivity contribution >= 4 is 11.8 Å². The quantitative estimate of drug-likeness (QED) is 0.527. The molecule has 19 heavy (non-hydrogen) atoms. The highest BCUT2D eigenvalue weighted by molar-refractivity contribution is 5.78. The lowest BCUT2D eigenvalue weighted by molar-refractivity contribution is -0.122. The topological polar surface area (TPSA) is 84.2 Å². The first kappa shape index (κ1) is 17.9. The van der Waals surface area contributed by atoms with Crippen LogP contribution in [0, 0.1) is 5.92 Å². The third-order valence-electron chi connectivity index (χ3n) is 3.18. The molecule has 0 fully saturated rings. The number of amides is 2. The Morgan fingerprint density at radius 1 is 1.00 bits per heavy atom. The van der Waals surface area contributed by atoms with Gasteiger partial charge in [-0.15, -0.1) is 0 Å². The second-order valence-corrected chi connectivity index (χ2v) is 4.84. The molecule has 0 saturated heterocycles. The van der Waals surface area contributed by atoms with E-state index < -0.39 is 0 Å². The average molecular weight is 271 g/mol. The lowest BCUT2D eigenvalue weighted by atomic mass is 9.96. The van der Waals surface area contributed by atoms with Gasteiger partial charge in [0.1, 0.15) is 0 Å². The minimum atomic E-state index is -0.00304. The minimum absolute atomic E-state index is 0.00304. The molecule has 1 atom stereocenters. The summed E-state index contributed by atoms with van der Waals surface area (Å²) < 4.78 is 0. The normalized spacial score (nSPS) is 11.9. The molecule has 5 nitrogen and oxygen atoms in total. The molecule has 0 aliphatic rings. The monoisotopic (exact) mass is 271 g/mol. The van der Waals surface area contributed by atoms with Crippen molar-refractivity contribution in [1.29, 1.82) is 0 Å². The highest BCUT2D eigenvalue weighted by atomic mass is 16.2.